The summed E-state index contributed by atoms with van der Waals surface area (Å²) in [5, 5.41) is 0. The smallest absolute Gasteiger partial charge is 0.320 e. The van der Waals surface area contributed by atoms with Crippen molar-refractivity contribution in [2.75, 3.05) is 13.7 Å². The van der Waals surface area contributed by atoms with E-state index < -0.39 is 37.3 Å². The van der Waals surface area contributed by atoms with Gasteiger partial charge in [-0.05, 0) is 18.2 Å². The molecular formula is C10H10BrF2NO4S. The van der Waals surface area contributed by atoms with Crippen molar-refractivity contribution in [1.82, 2.24) is 4.72 Å². The fraction of sp³-hybridized carbons (Fsp3) is 0.300. The van der Waals surface area contributed by atoms with Crippen LogP contribution in [0.1, 0.15) is 0 Å². The van der Waals surface area contributed by atoms with E-state index in [0.29, 0.717) is 12.1 Å². The zero-order chi connectivity index (χ0) is 14.6. The van der Waals surface area contributed by atoms with Crippen LogP contribution in [0.4, 0.5) is 8.78 Å². The summed E-state index contributed by atoms with van der Waals surface area (Å²) in [4.78, 5) is 9.30. The second-order valence-corrected chi connectivity index (χ2v) is 6.26. The molecule has 1 atom stereocenters. The van der Waals surface area contributed by atoms with E-state index in [2.05, 4.69) is 20.7 Å². The lowest BCUT2D eigenvalue weighted by atomic mass is 10.3. The summed E-state index contributed by atoms with van der Waals surface area (Å²) in [6.45, 7) is -0.356. The molecule has 0 aliphatic rings. The summed E-state index contributed by atoms with van der Waals surface area (Å²) in [5.74, 6) is -2.66. The molecule has 9 heteroatoms. The third-order valence-electron chi connectivity index (χ3n) is 2.09. The van der Waals surface area contributed by atoms with E-state index in [-0.39, 0.29) is 6.54 Å². The van der Waals surface area contributed by atoms with Crippen molar-refractivity contribution in [3.8, 4) is 0 Å². The molecule has 0 heterocycles. The average molecular weight is 358 g/mol. The van der Waals surface area contributed by atoms with Crippen LogP contribution in [-0.4, -0.2) is 32.9 Å². The first-order valence-corrected chi connectivity index (χ1v) is 7.34. The molecule has 0 radical (unpaired) electrons. The van der Waals surface area contributed by atoms with Gasteiger partial charge in [-0.1, -0.05) is 15.9 Å². The van der Waals surface area contributed by atoms with Crippen LogP contribution in [0.25, 0.3) is 0 Å². The third-order valence-corrected chi connectivity index (χ3v) is 4.23. The number of carbonyl (C=O) groups excluding carboxylic acids is 1. The largest absolute Gasteiger partial charge is 0.468 e. The number of esters is 1. The zero-order valence-electron chi connectivity index (χ0n) is 9.69. The normalized spacial score (nSPS) is 13.1. The Morgan fingerprint density at radius 2 is 2.11 bits per heavy atom. The van der Waals surface area contributed by atoms with Crippen LogP contribution in [-0.2, 0) is 19.6 Å². The molecule has 0 fully saturated rings. The van der Waals surface area contributed by atoms with Gasteiger partial charge >= 0.3 is 5.97 Å². The molecule has 0 spiro atoms. The molecule has 1 aromatic carbocycles. The molecule has 1 aromatic rings. The van der Waals surface area contributed by atoms with Gasteiger partial charge in [0.2, 0.25) is 10.0 Å². The van der Waals surface area contributed by atoms with Crippen molar-refractivity contribution in [2.24, 2.45) is 0 Å². The van der Waals surface area contributed by atoms with Crippen LogP contribution in [0.15, 0.2) is 23.1 Å². The number of hydrogen-bond donors (Lipinski definition) is 1. The van der Waals surface area contributed by atoms with Gasteiger partial charge in [0, 0.05) is 6.54 Å². The first-order valence-electron chi connectivity index (χ1n) is 4.94. The number of benzene rings is 1. The molecule has 0 aliphatic heterocycles. The van der Waals surface area contributed by atoms with Crippen molar-refractivity contribution in [1.29, 1.82) is 0 Å². The van der Waals surface area contributed by atoms with Crippen molar-refractivity contribution >= 4 is 31.9 Å². The Morgan fingerprint density at radius 3 is 2.68 bits per heavy atom. The van der Waals surface area contributed by atoms with Gasteiger partial charge in [-0.25, -0.2) is 21.9 Å². The summed E-state index contributed by atoms with van der Waals surface area (Å²) in [5.41, 5.74) is 0. The molecule has 1 rings (SSSR count). The summed E-state index contributed by atoms with van der Waals surface area (Å²) >= 11 is 2.89. The quantitative estimate of drug-likeness (QED) is 0.634. The fourth-order valence-corrected chi connectivity index (χ4v) is 2.85. The highest BCUT2D eigenvalue weighted by Crippen LogP contribution is 2.15. The summed E-state index contributed by atoms with van der Waals surface area (Å²) < 4.78 is 56.0. The molecule has 0 saturated carbocycles. The van der Waals surface area contributed by atoms with E-state index in [1.807, 2.05) is 4.72 Å². The van der Waals surface area contributed by atoms with Crippen LogP contribution in [0.5, 0.6) is 0 Å². The maximum atomic E-state index is 13.3. The minimum absolute atomic E-state index is 0.356. The molecule has 19 heavy (non-hydrogen) atoms. The lowest BCUT2D eigenvalue weighted by Crippen LogP contribution is -2.34. The van der Waals surface area contributed by atoms with Gasteiger partial charge in [-0.3, -0.25) is 4.79 Å². The van der Waals surface area contributed by atoms with Gasteiger partial charge in [0.05, 0.1) is 7.11 Å². The minimum Gasteiger partial charge on any atom is -0.468 e. The average Bonchev–Trinajstić information content (AvgIpc) is 2.37. The number of carbonyl (C=O) groups is 1. The molecule has 1 N–H and O–H groups in total. The van der Waals surface area contributed by atoms with Crippen molar-refractivity contribution in [2.45, 2.75) is 9.72 Å². The molecule has 5 nitrogen and oxygen atoms in total. The number of rotatable bonds is 5. The van der Waals surface area contributed by atoms with Crippen LogP contribution < -0.4 is 4.72 Å². The van der Waals surface area contributed by atoms with Crippen LogP contribution in [0.2, 0.25) is 0 Å². The Morgan fingerprint density at radius 1 is 1.47 bits per heavy atom. The number of hydrogen-bond acceptors (Lipinski definition) is 4. The Bertz CT molecular complexity index is 579. The van der Waals surface area contributed by atoms with E-state index in [0.717, 1.165) is 13.2 Å². The molecule has 0 aromatic heterocycles. The molecule has 106 valence electrons. The maximum Gasteiger partial charge on any atom is 0.320 e. The van der Waals surface area contributed by atoms with Crippen LogP contribution in [0, 0.1) is 11.6 Å². The van der Waals surface area contributed by atoms with E-state index in [1.165, 1.54) is 0 Å². The topological polar surface area (TPSA) is 72.5 Å². The lowest BCUT2D eigenvalue weighted by molar-refractivity contribution is -0.139. The van der Waals surface area contributed by atoms with Crippen molar-refractivity contribution in [3.63, 3.8) is 0 Å². The molecule has 1 unspecified atom stereocenters. The molecule has 0 aliphatic carbocycles. The summed E-state index contributed by atoms with van der Waals surface area (Å²) in [6, 6.07) is 2.06. The molecule has 0 bridgehead atoms. The summed E-state index contributed by atoms with van der Waals surface area (Å²) in [7, 11) is -3.12. The number of alkyl halides is 1. The lowest BCUT2D eigenvalue weighted by Gasteiger charge is -2.10. The molecule has 0 amide bonds. The Labute approximate surface area is 117 Å². The number of nitrogens with one attached hydrogen (secondary N) is 1. The van der Waals surface area contributed by atoms with Gasteiger partial charge in [-0.15, -0.1) is 0 Å². The number of ether oxygens (including phenoxy) is 1. The van der Waals surface area contributed by atoms with E-state index >= 15 is 0 Å². The predicted octanol–water partition coefficient (Wildman–Crippen LogP) is 1.18. The van der Waals surface area contributed by atoms with Gasteiger partial charge in [0.1, 0.15) is 21.4 Å². The Balaban J connectivity index is 2.87. The van der Waals surface area contributed by atoms with Crippen LogP contribution in [0.3, 0.4) is 0 Å². The van der Waals surface area contributed by atoms with Crippen molar-refractivity contribution in [3.05, 3.63) is 29.8 Å². The number of methoxy groups -OCH3 is 1. The second-order valence-electron chi connectivity index (χ2n) is 3.42. The first kappa shape index (κ1) is 16.0. The van der Waals surface area contributed by atoms with Gasteiger partial charge in [0.15, 0.2) is 0 Å². The summed E-state index contributed by atoms with van der Waals surface area (Å²) in [6.07, 6.45) is 0. The third kappa shape index (κ3) is 4.22. The highest BCUT2D eigenvalue weighted by Gasteiger charge is 2.23. The SMILES string of the molecule is COC(=O)C(Br)CNS(=O)(=O)c1cc(F)ccc1F. The zero-order valence-corrected chi connectivity index (χ0v) is 12.1. The number of sulfonamides is 1. The van der Waals surface area contributed by atoms with Gasteiger partial charge < -0.3 is 4.74 Å². The monoisotopic (exact) mass is 357 g/mol. The minimum atomic E-state index is -4.25. The first-order chi connectivity index (χ1) is 8.77. The molecular weight excluding hydrogens is 348 g/mol. The molecule has 0 saturated heterocycles. The Kier molecular flexibility index (Phi) is 5.39. The van der Waals surface area contributed by atoms with Crippen LogP contribution >= 0.6 is 15.9 Å². The van der Waals surface area contributed by atoms with E-state index in [4.69, 9.17) is 0 Å². The second kappa shape index (κ2) is 6.40. The van der Waals surface area contributed by atoms with E-state index in [1.54, 1.807) is 0 Å². The van der Waals surface area contributed by atoms with Gasteiger partial charge in [0.25, 0.3) is 0 Å². The number of halogens is 3. The Hall–Kier alpha value is -1.06. The van der Waals surface area contributed by atoms with E-state index in [9.17, 15) is 22.0 Å². The highest BCUT2D eigenvalue weighted by molar-refractivity contribution is 9.10. The van der Waals surface area contributed by atoms with Crippen molar-refractivity contribution < 1.29 is 26.7 Å². The standard InChI is InChI=1S/C10H10BrF2NO4S/c1-18-10(15)7(11)5-14-19(16,17)9-4-6(12)2-3-8(9)13/h2-4,7,14H,5H2,1H3. The predicted molar refractivity (Wildman–Crippen MR) is 66.3 cm³/mol. The maximum absolute atomic E-state index is 13.3. The highest BCUT2D eigenvalue weighted by atomic mass is 79.9. The fourth-order valence-electron chi connectivity index (χ4n) is 1.15. The van der Waals surface area contributed by atoms with Gasteiger partial charge in [-0.2, -0.15) is 0 Å².